The van der Waals surface area contributed by atoms with E-state index < -0.39 is 17.2 Å². The van der Waals surface area contributed by atoms with E-state index in [4.69, 9.17) is 0 Å². The highest BCUT2D eigenvalue weighted by atomic mass is 19.2. The molecule has 2 rings (SSSR count). The first kappa shape index (κ1) is 12.5. The fraction of sp³-hybridized carbons (Fsp3) is 0.538. The van der Waals surface area contributed by atoms with Gasteiger partial charge in [0.25, 0.3) is 0 Å². The summed E-state index contributed by atoms with van der Waals surface area (Å²) in [5.41, 5.74) is -1.13. The summed E-state index contributed by atoms with van der Waals surface area (Å²) in [6.45, 7) is 4.39. The molecule has 0 amide bonds. The molecule has 0 unspecified atom stereocenters. The van der Waals surface area contributed by atoms with Crippen LogP contribution in [0.1, 0.15) is 25.3 Å². The first-order chi connectivity index (χ1) is 8.07. The average Bonchev–Trinajstić information content (AvgIpc) is 2.33. The molecule has 0 radical (unpaired) electrons. The van der Waals surface area contributed by atoms with E-state index in [0.29, 0.717) is 25.9 Å². The zero-order valence-corrected chi connectivity index (χ0v) is 9.92. The first-order valence-corrected chi connectivity index (χ1v) is 5.96. The highest BCUT2D eigenvalue weighted by Gasteiger charge is 2.36. The van der Waals surface area contributed by atoms with E-state index in [-0.39, 0.29) is 5.56 Å². The number of hydrogen-bond donors (Lipinski definition) is 1. The Morgan fingerprint density at radius 3 is 2.53 bits per heavy atom. The molecule has 1 aromatic rings. The van der Waals surface area contributed by atoms with Crippen LogP contribution in [0.2, 0.25) is 0 Å². The van der Waals surface area contributed by atoms with Gasteiger partial charge in [-0.3, -0.25) is 0 Å². The SMILES string of the molecule is CCN1CCC(O)(c2cccc(F)c2F)CC1. The van der Waals surface area contributed by atoms with E-state index in [1.54, 1.807) is 0 Å². The van der Waals surface area contributed by atoms with Crippen molar-refractivity contribution < 1.29 is 13.9 Å². The third kappa shape index (κ3) is 2.33. The maximum absolute atomic E-state index is 13.7. The van der Waals surface area contributed by atoms with Gasteiger partial charge in [0.2, 0.25) is 0 Å². The van der Waals surface area contributed by atoms with Gasteiger partial charge in [-0.05, 0) is 25.5 Å². The van der Waals surface area contributed by atoms with Crippen molar-refractivity contribution in [2.45, 2.75) is 25.4 Å². The maximum Gasteiger partial charge on any atom is 0.164 e. The van der Waals surface area contributed by atoms with Crippen LogP contribution in [-0.4, -0.2) is 29.6 Å². The van der Waals surface area contributed by atoms with E-state index in [9.17, 15) is 13.9 Å². The molecule has 17 heavy (non-hydrogen) atoms. The van der Waals surface area contributed by atoms with E-state index in [2.05, 4.69) is 4.90 Å². The molecule has 0 saturated carbocycles. The van der Waals surface area contributed by atoms with Crippen molar-refractivity contribution in [2.24, 2.45) is 0 Å². The molecule has 0 aliphatic carbocycles. The summed E-state index contributed by atoms with van der Waals surface area (Å²) in [6, 6.07) is 3.99. The molecule has 1 aliphatic heterocycles. The van der Waals surface area contributed by atoms with E-state index in [0.717, 1.165) is 12.6 Å². The number of piperidine rings is 1. The zero-order chi connectivity index (χ0) is 12.5. The molecule has 1 N–H and O–H groups in total. The summed E-state index contributed by atoms with van der Waals surface area (Å²) in [5, 5.41) is 10.4. The lowest BCUT2D eigenvalue weighted by Gasteiger charge is -2.38. The van der Waals surface area contributed by atoms with E-state index >= 15 is 0 Å². The summed E-state index contributed by atoms with van der Waals surface area (Å²) in [6.07, 6.45) is 0.891. The third-order valence-corrected chi connectivity index (χ3v) is 3.58. The Morgan fingerprint density at radius 2 is 1.94 bits per heavy atom. The molecular weight excluding hydrogens is 224 g/mol. The number of rotatable bonds is 2. The predicted molar refractivity (Wildman–Crippen MR) is 61.6 cm³/mol. The van der Waals surface area contributed by atoms with Crippen LogP contribution in [0.25, 0.3) is 0 Å². The number of benzene rings is 1. The normalized spacial score (nSPS) is 20.5. The second kappa shape index (κ2) is 4.70. The molecule has 1 aliphatic rings. The van der Waals surface area contributed by atoms with Gasteiger partial charge in [-0.15, -0.1) is 0 Å². The van der Waals surface area contributed by atoms with Crippen molar-refractivity contribution in [3.8, 4) is 0 Å². The lowest BCUT2D eigenvalue weighted by molar-refractivity contribution is -0.0277. The molecule has 94 valence electrons. The van der Waals surface area contributed by atoms with Gasteiger partial charge in [0, 0.05) is 18.7 Å². The zero-order valence-electron chi connectivity index (χ0n) is 9.92. The Labute approximate surface area is 99.9 Å². The van der Waals surface area contributed by atoms with Crippen molar-refractivity contribution in [1.82, 2.24) is 4.90 Å². The van der Waals surface area contributed by atoms with Crippen LogP contribution in [0.4, 0.5) is 8.78 Å². The highest BCUT2D eigenvalue weighted by molar-refractivity contribution is 5.26. The van der Waals surface area contributed by atoms with Crippen molar-refractivity contribution in [3.63, 3.8) is 0 Å². The second-order valence-electron chi connectivity index (χ2n) is 4.57. The Bertz CT molecular complexity index is 400. The van der Waals surface area contributed by atoms with Crippen LogP contribution in [0.5, 0.6) is 0 Å². The fourth-order valence-corrected chi connectivity index (χ4v) is 2.37. The standard InChI is InChI=1S/C13H17F2NO/c1-2-16-8-6-13(17,7-9-16)10-4-3-5-11(14)12(10)15/h3-5,17H,2,6-9H2,1H3. The Hall–Kier alpha value is -1.00. The minimum atomic E-state index is -1.22. The maximum atomic E-state index is 13.7. The van der Waals surface area contributed by atoms with Gasteiger partial charge < -0.3 is 10.0 Å². The Morgan fingerprint density at radius 1 is 1.29 bits per heavy atom. The molecule has 0 spiro atoms. The van der Waals surface area contributed by atoms with Crippen LogP contribution in [0.15, 0.2) is 18.2 Å². The van der Waals surface area contributed by atoms with Gasteiger partial charge in [0.05, 0.1) is 5.60 Å². The lowest BCUT2D eigenvalue weighted by Crippen LogP contribution is -2.42. The molecular formula is C13H17F2NO. The molecule has 4 heteroatoms. The minimum absolute atomic E-state index is 0.0910. The third-order valence-electron chi connectivity index (χ3n) is 3.58. The van der Waals surface area contributed by atoms with Crippen molar-refractivity contribution in [2.75, 3.05) is 19.6 Å². The van der Waals surface area contributed by atoms with Crippen LogP contribution >= 0.6 is 0 Å². The molecule has 1 fully saturated rings. The number of hydrogen-bond acceptors (Lipinski definition) is 2. The largest absolute Gasteiger partial charge is 0.385 e. The van der Waals surface area contributed by atoms with Gasteiger partial charge >= 0.3 is 0 Å². The van der Waals surface area contributed by atoms with Gasteiger partial charge in [0.1, 0.15) is 0 Å². The lowest BCUT2D eigenvalue weighted by atomic mass is 9.84. The number of halogens is 2. The smallest absolute Gasteiger partial charge is 0.164 e. The van der Waals surface area contributed by atoms with Crippen LogP contribution in [0.3, 0.4) is 0 Å². The Kier molecular flexibility index (Phi) is 3.45. The van der Waals surface area contributed by atoms with Crippen molar-refractivity contribution in [3.05, 3.63) is 35.4 Å². The summed E-state index contributed by atoms with van der Waals surface area (Å²) in [4.78, 5) is 2.19. The van der Waals surface area contributed by atoms with Gasteiger partial charge in [-0.1, -0.05) is 19.1 Å². The molecule has 1 saturated heterocycles. The van der Waals surface area contributed by atoms with Gasteiger partial charge in [-0.2, -0.15) is 0 Å². The molecule has 0 aromatic heterocycles. The first-order valence-electron chi connectivity index (χ1n) is 5.96. The summed E-state index contributed by atoms with van der Waals surface area (Å²) in [5.74, 6) is -1.81. The molecule has 2 nitrogen and oxygen atoms in total. The van der Waals surface area contributed by atoms with E-state index in [1.807, 2.05) is 6.92 Å². The summed E-state index contributed by atoms with van der Waals surface area (Å²) >= 11 is 0. The second-order valence-corrected chi connectivity index (χ2v) is 4.57. The number of likely N-dealkylation sites (tertiary alicyclic amines) is 1. The number of nitrogens with zero attached hydrogens (tertiary/aromatic N) is 1. The fourth-order valence-electron chi connectivity index (χ4n) is 2.37. The molecule has 1 heterocycles. The van der Waals surface area contributed by atoms with Gasteiger partial charge in [-0.25, -0.2) is 8.78 Å². The van der Waals surface area contributed by atoms with Gasteiger partial charge in [0.15, 0.2) is 11.6 Å². The summed E-state index contributed by atoms with van der Waals surface area (Å²) < 4.78 is 26.8. The Balaban J connectivity index is 2.24. The van der Waals surface area contributed by atoms with Crippen LogP contribution < -0.4 is 0 Å². The average molecular weight is 241 g/mol. The molecule has 1 aromatic carbocycles. The minimum Gasteiger partial charge on any atom is -0.385 e. The van der Waals surface area contributed by atoms with Crippen molar-refractivity contribution in [1.29, 1.82) is 0 Å². The predicted octanol–water partition coefficient (Wildman–Crippen LogP) is 2.27. The number of aliphatic hydroxyl groups is 1. The molecule has 0 atom stereocenters. The molecule has 0 bridgehead atoms. The summed E-state index contributed by atoms with van der Waals surface area (Å²) in [7, 11) is 0. The topological polar surface area (TPSA) is 23.5 Å². The van der Waals surface area contributed by atoms with Crippen LogP contribution in [0, 0.1) is 11.6 Å². The van der Waals surface area contributed by atoms with Crippen LogP contribution in [-0.2, 0) is 5.60 Å². The monoisotopic (exact) mass is 241 g/mol. The highest BCUT2D eigenvalue weighted by Crippen LogP contribution is 2.34. The quantitative estimate of drug-likeness (QED) is 0.858. The van der Waals surface area contributed by atoms with E-state index in [1.165, 1.54) is 12.1 Å². The van der Waals surface area contributed by atoms with Crippen molar-refractivity contribution >= 4 is 0 Å².